The Labute approximate surface area is 140 Å². The van der Waals surface area contributed by atoms with Crippen molar-refractivity contribution in [3.8, 4) is 22.8 Å². The number of H-pyrrole nitrogens is 1. The summed E-state index contributed by atoms with van der Waals surface area (Å²) in [4.78, 5) is 13.3. The summed E-state index contributed by atoms with van der Waals surface area (Å²) in [5, 5.41) is 15.7. The van der Waals surface area contributed by atoms with Gasteiger partial charge in [0.15, 0.2) is 11.5 Å². The number of nitrogens with one attached hydrogen (secondary N) is 1. The number of methoxy groups -OCH3 is 1. The van der Waals surface area contributed by atoms with Gasteiger partial charge in [0, 0.05) is 18.7 Å². The first-order chi connectivity index (χ1) is 11.6. The van der Waals surface area contributed by atoms with E-state index in [0.29, 0.717) is 17.2 Å². The number of carbonyl (C=O) groups is 1. The topological polar surface area (TPSA) is 87.7 Å². The number of rotatable bonds is 5. The van der Waals surface area contributed by atoms with Crippen molar-refractivity contribution in [1.29, 1.82) is 0 Å². The molecule has 7 heteroatoms. The molecule has 1 fully saturated rings. The summed E-state index contributed by atoms with van der Waals surface area (Å²) >= 11 is 0. The molecule has 2 N–H and O–H groups in total. The van der Waals surface area contributed by atoms with Crippen molar-refractivity contribution in [1.82, 2.24) is 15.1 Å². The maximum atomic E-state index is 11.1. The fourth-order valence-corrected chi connectivity index (χ4v) is 2.84. The van der Waals surface area contributed by atoms with Crippen LogP contribution in [0.4, 0.5) is 0 Å². The van der Waals surface area contributed by atoms with E-state index in [9.17, 15) is 4.79 Å². The highest BCUT2D eigenvalue weighted by molar-refractivity contribution is 5.87. The molecule has 1 saturated heterocycles. The number of nitrogens with zero attached hydrogens (tertiary/aromatic N) is 2. The second kappa shape index (κ2) is 6.92. The number of aromatic amines is 1. The Morgan fingerprint density at radius 3 is 2.75 bits per heavy atom. The van der Waals surface area contributed by atoms with Crippen molar-refractivity contribution in [3.63, 3.8) is 0 Å². The lowest BCUT2D eigenvalue weighted by Gasteiger charge is -2.30. The summed E-state index contributed by atoms with van der Waals surface area (Å²) in [7, 11) is 3.69. The van der Waals surface area contributed by atoms with Crippen LogP contribution in [-0.2, 0) is 0 Å². The summed E-state index contributed by atoms with van der Waals surface area (Å²) in [6, 6.07) is 7.02. The lowest BCUT2D eigenvalue weighted by Crippen LogP contribution is -2.35. The summed E-state index contributed by atoms with van der Waals surface area (Å²) in [5.74, 6) is 0.179. The molecule has 0 bridgehead atoms. The monoisotopic (exact) mass is 331 g/mol. The maximum absolute atomic E-state index is 11.1. The normalized spacial score (nSPS) is 16.1. The van der Waals surface area contributed by atoms with Crippen molar-refractivity contribution < 1.29 is 19.4 Å². The smallest absolute Gasteiger partial charge is 0.353 e. The second-order valence-corrected chi connectivity index (χ2v) is 5.93. The van der Waals surface area contributed by atoms with Gasteiger partial charge in [-0.25, -0.2) is 4.79 Å². The Morgan fingerprint density at radius 1 is 1.38 bits per heavy atom. The van der Waals surface area contributed by atoms with Crippen LogP contribution in [0.1, 0.15) is 23.3 Å². The molecule has 0 aliphatic carbocycles. The number of hydrogen-bond acceptors (Lipinski definition) is 5. The van der Waals surface area contributed by atoms with E-state index in [2.05, 4.69) is 22.1 Å². The number of carboxylic acid groups (broad SMARTS) is 1. The first-order valence-electron chi connectivity index (χ1n) is 7.89. The highest BCUT2D eigenvalue weighted by Crippen LogP contribution is 2.39. The van der Waals surface area contributed by atoms with E-state index >= 15 is 0 Å². The van der Waals surface area contributed by atoms with E-state index in [1.165, 1.54) is 6.07 Å². The van der Waals surface area contributed by atoms with Crippen LogP contribution < -0.4 is 9.47 Å². The number of para-hydroxylation sites is 1. The van der Waals surface area contributed by atoms with E-state index in [0.717, 1.165) is 31.5 Å². The largest absolute Gasteiger partial charge is 0.493 e. The van der Waals surface area contributed by atoms with Crippen LogP contribution in [0.15, 0.2) is 24.3 Å². The fourth-order valence-electron chi connectivity index (χ4n) is 2.84. The Hall–Kier alpha value is -2.54. The van der Waals surface area contributed by atoms with Gasteiger partial charge in [-0.05, 0) is 38.1 Å². The molecule has 0 saturated carbocycles. The third-order valence-corrected chi connectivity index (χ3v) is 4.23. The number of likely N-dealkylation sites (tertiary alicyclic amines) is 1. The van der Waals surface area contributed by atoms with Crippen LogP contribution in [-0.4, -0.2) is 59.5 Å². The molecule has 1 aliphatic heterocycles. The predicted molar refractivity (Wildman–Crippen MR) is 88.7 cm³/mol. The van der Waals surface area contributed by atoms with Gasteiger partial charge >= 0.3 is 5.97 Å². The third kappa shape index (κ3) is 3.35. The highest BCUT2D eigenvalue weighted by atomic mass is 16.5. The Kier molecular flexibility index (Phi) is 4.71. The van der Waals surface area contributed by atoms with Gasteiger partial charge in [0.1, 0.15) is 11.8 Å². The van der Waals surface area contributed by atoms with Gasteiger partial charge in [-0.3, -0.25) is 5.10 Å². The van der Waals surface area contributed by atoms with Gasteiger partial charge < -0.3 is 19.5 Å². The molecule has 128 valence electrons. The number of piperidine rings is 1. The van der Waals surface area contributed by atoms with E-state index in [4.69, 9.17) is 14.6 Å². The number of ether oxygens (including phenoxy) is 2. The first-order valence-corrected chi connectivity index (χ1v) is 7.89. The maximum Gasteiger partial charge on any atom is 0.353 e. The molecule has 3 rings (SSSR count). The molecular weight excluding hydrogens is 310 g/mol. The van der Waals surface area contributed by atoms with Crippen LogP contribution >= 0.6 is 0 Å². The third-order valence-electron chi connectivity index (χ3n) is 4.23. The predicted octanol–water partition coefficient (Wildman–Crippen LogP) is 2.26. The van der Waals surface area contributed by atoms with Gasteiger partial charge in [-0.1, -0.05) is 6.07 Å². The molecule has 0 spiro atoms. The van der Waals surface area contributed by atoms with E-state index < -0.39 is 5.97 Å². The van der Waals surface area contributed by atoms with Crippen molar-refractivity contribution in [2.75, 3.05) is 27.2 Å². The summed E-state index contributed by atoms with van der Waals surface area (Å²) in [6.07, 6.45) is 1.98. The van der Waals surface area contributed by atoms with Gasteiger partial charge in [-0.15, -0.1) is 0 Å². The molecule has 0 radical (unpaired) electrons. The molecule has 2 aromatic rings. The summed E-state index contributed by atoms with van der Waals surface area (Å²) in [5.41, 5.74) is 1.28. The van der Waals surface area contributed by atoms with Crippen LogP contribution in [0.5, 0.6) is 11.5 Å². The Balaban J connectivity index is 1.92. The van der Waals surface area contributed by atoms with E-state index in [1.54, 1.807) is 7.11 Å². The van der Waals surface area contributed by atoms with Crippen molar-refractivity contribution in [2.45, 2.75) is 18.9 Å². The first kappa shape index (κ1) is 16.3. The van der Waals surface area contributed by atoms with Crippen molar-refractivity contribution >= 4 is 5.97 Å². The molecule has 24 heavy (non-hydrogen) atoms. The summed E-state index contributed by atoms with van der Waals surface area (Å²) in [6.45, 7) is 1.97. The zero-order valence-corrected chi connectivity index (χ0v) is 13.8. The van der Waals surface area contributed by atoms with Crippen molar-refractivity contribution in [2.24, 2.45) is 0 Å². The molecular formula is C17H21N3O4. The fraction of sp³-hybridized carbons (Fsp3) is 0.412. The lowest BCUT2D eigenvalue weighted by atomic mass is 10.1. The molecule has 0 amide bonds. The number of carboxylic acids is 1. The molecule has 0 atom stereocenters. The average Bonchev–Trinajstić information content (AvgIpc) is 3.07. The van der Waals surface area contributed by atoms with Crippen molar-refractivity contribution in [3.05, 3.63) is 30.0 Å². The SMILES string of the molecule is COc1cccc(-c2cc(C(=O)O)[nH]n2)c1OC1CCN(C)CC1. The molecule has 0 unspecified atom stereocenters. The molecule has 1 aliphatic rings. The number of benzene rings is 1. The number of aromatic nitrogens is 2. The van der Waals surface area contributed by atoms with Crippen LogP contribution in [0, 0.1) is 0 Å². The molecule has 7 nitrogen and oxygen atoms in total. The van der Waals surface area contributed by atoms with Crippen LogP contribution in [0.25, 0.3) is 11.3 Å². The zero-order valence-electron chi connectivity index (χ0n) is 13.8. The number of aromatic carboxylic acids is 1. The van der Waals surface area contributed by atoms with Gasteiger partial charge in [0.25, 0.3) is 0 Å². The van der Waals surface area contributed by atoms with Crippen LogP contribution in [0.2, 0.25) is 0 Å². The molecule has 1 aromatic carbocycles. The lowest BCUT2D eigenvalue weighted by molar-refractivity contribution is 0.0690. The second-order valence-electron chi connectivity index (χ2n) is 5.93. The van der Waals surface area contributed by atoms with Gasteiger partial charge in [-0.2, -0.15) is 5.10 Å². The van der Waals surface area contributed by atoms with Gasteiger partial charge in [0.2, 0.25) is 0 Å². The minimum atomic E-state index is -1.05. The Morgan fingerprint density at radius 2 is 2.12 bits per heavy atom. The summed E-state index contributed by atoms with van der Waals surface area (Å²) < 4.78 is 11.7. The Bertz CT molecular complexity index is 720. The molecule has 1 aromatic heterocycles. The minimum absolute atomic E-state index is 0.0399. The standard InChI is InChI=1S/C17H21N3O4/c1-20-8-6-11(7-9-20)24-16-12(4-3-5-15(16)23-2)13-10-14(17(21)22)19-18-13/h3-5,10-11H,6-9H2,1-2H3,(H,18,19)(H,21,22). The van der Waals surface area contributed by atoms with Crippen LogP contribution in [0.3, 0.4) is 0 Å². The van der Waals surface area contributed by atoms with E-state index in [-0.39, 0.29) is 11.8 Å². The quantitative estimate of drug-likeness (QED) is 0.874. The minimum Gasteiger partial charge on any atom is -0.493 e. The molecule has 2 heterocycles. The number of hydrogen-bond donors (Lipinski definition) is 2. The highest BCUT2D eigenvalue weighted by Gasteiger charge is 2.23. The average molecular weight is 331 g/mol. The zero-order chi connectivity index (χ0) is 17.1. The van der Waals surface area contributed by atoms with E-state index in [1.807, 2.05) is 18.2 Å². The van der Waals surface area contributed by atoms with Gasteiger partial charge in [0.05, 0.1) is 12.8 Å².